The second-order valence-electron chi connectivity index (χ2n) is 5.84. The Morgan fingerprint density at radius 3 is 2.52 bits per heavy atom. The van der Waals surface area contributed by atoms with Crippen LogP contribution in [-0.4, -0.2) is 65.9 Å². The molecule has 0 aliphatic carbocycles. The molecular formula is C15H20FN5O3S. The lowest BCUT2D eigenvalue weighted by Crippen LogP contribution is -2.48. The summed E-state index contributed by atoms with van der Waals surface area (Å²) in [6, 6.07) is 4.86. The summed E-state index contributed by atoms with van der Waals surface area (Å²) in [6.07, 6.45) is 1.25. The van der Waals surface area contributed by atoms with Crippen LogP contribution in [0, 0.1) is 5.82 Å². The molecule has 0 unspecified atom stereocenters. The predicted octanol–water partition coefficient (Wildman–Crippen LogP) is 0.469. The molecule has 0 N–H and O–H groups in total. The van der Waals surface area contributed by atoms with Gasteiger partial charge in [0.25, 0.3) is 10.0 Å². The molecule has 3 rings (SSSR count). The van der Waals surface area contributed by atoms with Crippen LogP contribution in [0.4, 0.5) is 4.39 Å². The smallest absolute Gasteiger partial charge is 0.261 e. The van der Waals surface area contributed by atoms with Crippen LogP contribution in [0.1, 0.15) is 5.56 Å². The third-order valence-corrected chi connectivity index (χ3v) is 6.17. The van der Waals surface area contributed by atoms with Gasteiger partial charge in [0.1, 0.15) is 0 Å². The van der Waals surface area contributed by atoms with Crippen molar-refractivity contribution >= 4 is 10.0 Å². The number of hydrogen-bond donors (Lipinski definition) is 0. The highest BCUT2D eigenvalue weighted by atomic mass is 32.2. The number of nitrogens with zero attached hydrogens (tertiary/aromatic N) is 5. The average Bonchev–Trinajstić information content (AvgIpc) is 3.02. The fraction of sp³-hybridized carbons (Fsp3) is 0.467. The van der Waals surface area contributed by atoms with Gasteiger partial charge >= 0.3 is 0 Å². The molecule has 0 amide bonds. The van der Waals surface area contributed by atoms with Gasteiger partial charge in [0, 0.05) is 39.8 Å². The van der Waals surface area contributed by atoms with Crippen LogP contribution in [0.15, 0.2) is 29.4 Å². The fourth-order valence-electron chi connectivity index (χ4n) is 2.84. The first-order valence-electron chi connectivity index (χ1n) is 7.81. The predicted molar refractivity (Wildman–Crippen MR) is 88.0 cm³/mol. The number of hydrogen-bond acceptors (Lipinski definition) is 6. The first-order valence-corrected chi connectivity index (χ1v) is 9.25. The zero-order chi connectivity index (χ0) is 18.0. The van der Waals surface area contributed by atoms with E-state index in [1.165, 1.54) is 28.4 Å². The molecule has 1 saturated heterocycles. The second-order valence-corrected chi connectivity index (χ2v) is 7.73. The van der Waals surface area contributed by atoms with Crippen LogP contribution in [0.2, 0.25) is 0 Å². The Morgan fingerprint density at radius 1 is 1.24 bits per heavy atom. The van der Waals surface area contributed by atoms with E-state index in [0.29, 0.717) is 32.7 Å². The Morgan fingerprint density at radius 2 is 1.96 bits per heavy atom. The first-order chi connectivity index (χ1) is 11.9. The molecule has 2 heterocycles. The van der Waals surface area contributed by atoms with Crippen LogP contribution < -0.4 is 4.74 Å². The molecule has 136 valence electrons. The minimum atomic E-state index is -3.59. The number of piperazine rings is 1. The standard InChI is InChI=1S/C15H20FN5O3S/c1-19-15(10-17-18-19)25(22,23)21-7-5-20(6-8-21)11-12-3-4-14(24-2)13(16)9-12/h3-4,9-10H,5-8,11H2,1-2H3. The van der Waals surface area contributed by atoms with E-state index >= 15 is 0 Å². The monoisotopic (exact) mass is 369 g/mol. The van der Waals surface area contributed by atoms with Gasteiger partial charge in [-0.05, 0) is 17.7 Å². The van der Waals surface area contributed by atoms with Crippen molar-refractivity contribution < 1.29 is 17.5 Å². The van der Waals surface area contributed by atoms with Gasteiger partial charge in [-0.15, -0.1) is 5.10 Å². The number of rotatable bonds is 5. The molecule has 1 aliphatic rings. The summed E-state index contributed by atoms with van der Waals surface area (Å²) in [5.74, 6) is -0.186. The molecule has 1 fully saturated rings. The molecule has 8 nitrogen and oxygen atoms in total. The van der Waals surface area contributed by atoms with Crippen molar-refractivity contribution in [1.82, 2.24) is 24.2 Å². The Balaban J connectivity index is 1.62. The maximum Gasteiger partial charge on any atom is 0.261 e. The van der Waals surface area contributed by atoms with Crippen molar-refractivity contribution in [3.8, 4) is 5.75 Å². The maximum atomic E-state index is 13.8. The Bertz CT molecular complexity index is 847. The number of methoxy groups -OCH3 is 1. The zero-order valence-electron chi connectivity index (χ0n) is 14.1. The number of benzene rings is 1. The van der Waals surface area contributed by atoms with Gasteiger partial charge in [-0.1, -0.05) is 11.3 Å². The SMILES string of the molecule is COc1ccc(CN2CCN(S(=O)(=O)c3cnnn3C)CC2)cc1F. The van der Waals surface area contributed by atoms with E-state index in [9.17, 15) is 12.8 Å². The Hall–Kier alpha value is -2.04. The number of aromatic nitrogens is 3. The van der Waals surface area contributed by atoms with Gasteiger partial charge < -0.3 is 4.74 Å². The molecule has 1 aliphatic heterocycles. The molecule has 25 heavy (non-hydrogen) atoms. The third-order valence-electron chi connectivity index (χ3n) is 4.23. The number of ether oxygens (including phenoxy) is 1. The van der Waals surface area contributed by atoms with E-state index in [1.807, 2.05) is 6.07 Å². The summed E-state index contributed by atoms with van der Waals surface area (Å²) in [7, 11) is -0.617. The Labute approximate surface area is 145 Å². The van der Waals surface area contributed by atoms with Gasteiger partial charge in [0.05, 0.1) is 13.3 Å². The van der Waals surface area contributed by atoms with Crippen molar-refractivity contribution in [3.63, 3.8) is 0 Å². The lowest BCUT2D eigenvalue weighted by Gasteiger charge is -2.33. The van der Waals surface area contributed by atoms with Crippen LogP contribution in [0.25, 0.3) is 0 Å². The summed E-state index contributed by atoms with van der Waals surface area (Å²) in [6.45, 7) is 2.43. The molecule has 1 aromatic heterocycles. The highest BCUT2D eigenvalue weighted by Crippen LogP contribution is 2.20. The molecule has 10 heteroatoms. The Kier molecular flexibility index (Phi) is 5.02. The summed E-state index contributed by atoms with van der Waals surface area (Å²) >= 11 is 0. The van der Waals surface area contributed by atoms with Gasteiger partial charge in [-0.2, -0.15) is 4.31 Å². The van der Waals surface area contributed by atoms with E-state index in [0.717, 1.165) is 5.56 Å². The van der Waals surface area contributed by atoms with Gasteiger partial charge in [0.2, 0.25) is 0 Å². The minimum absolute atomic E-state index is 0.0816. The highest BCUT2D eigenvalue weighted by Gasteiger charge is 2.30. The summed E-state index contributed by atoms with van der Waals surface area (Å²) < 4.78 is 46.5. The van der Waals surface area contributed by atoms with Crippen LogP contribution >= 0.6 is 0 Å². The van der Waals surface area contributed by atoms with Crippen molar-refractivity contribution in [1.29, 1.82) is 0 Å². The van der Waals surface area contributed by atoms with Gasteiger partial charge in [-0.3, -0.25) is 4.90 Å². The van der Waals surface area contributed by atoms with Crippen LogP contribution in [-0.2, 0) is 23.6 Å². The van der Waals surface area contributed by atoms with Crippen molar-refractivity contribution in [2.75, 3.05) is 33.3 Å². The normalized spacial score (nSPS) is 16.9. The molecule has 0 bridgehead atoms. The van der Waals surface area contributed by atoms with E-state index in [4.69, 9.17) is 4.74 Å². The summed E-state index contributed by atoms with van der Waals surface area (Å²) in [5.41, 5.74) is 0.824. The van der Waals surface area contributed by atoms with Crippen molar-refractivity contribution in [3.05, 3.63) is 35.8 Å². The molecule has 0 saturated carbocycles. The van der Waals surface area contributed by atoms with Crippen LogP contribution in [0.5, 0.6) is 5.75 Å². The summed E-state index contributed by atoms with van der Waals surface area (Å²) in [4.78, 5) is 2.09. The van der Waals surface area contributed by atoms with E-state index in [2.05, 4.69) is 15.2 Å². The highest BCUT2D eigenvalue weighted by molar-refractivity contribution is 7.89. The molecule has 1 aromatic carbocycles. The minimum Gasteiger partial charge on any atom is -0.494 e. The first kappa shape index (κ1) is 17.8. The molecule has 2 aromatic rings. The average molecular weight is 369 g/mol. The van der Waals surface area contributed by atoms with E-state index in [1.54, 1.807) is 13.1 Å². The molecule has 0 radical (unpaired) electrons. The lowest BCUT2D eigenvalue weighted by atomic mass is 10.2. The van der Waals surface area contributed by atoms with Crippen molar-refractivity contribution in [2.24, 2.45) is 7.05 Å². The lowest BCUT2D eigenvalue weighted by molar-refractivity contribution is 0.181. The largest absolute Gasteiger partial charge is 0.494 e. The quantitative estimate of drug-likeness (QED) is 0.762. The van der Waals surface area contributed by atoms with Gasteiger partial charge in [-0.25, -0.2) is 17.5 Å². The third kappa shape index (κ3) is 3.65. The number of aryl methyl sites for hydroxylation is 1. The molecule has 0 spiro atoms. The maximum absolute atomic E-state index is 13.8. The van der Waals surface area contributed by atoms with E-state index in [-0.39, 0.29) is 10.8 Å². The molecule has 0 atom stereocenters. The van der Waals surface area contributed by atoms with Crippen molar-refractivity contribution in [2.45, 2.75) is 11.6 Å². The number of halogens is 1. The van der Waals surface area contributed by atoms with Crippen LogP contribution in [0.3, 0.4) is 0 Å². The fourth-order valence-corrected chi connectivity index (χ4v) is 4.30. The topological polar surface area (TPSA) is 80.6 Å². The molecular weight excluding hydrogens is 349 g/mol. The number of sulfonamides is 1. The van der Waals surface area contributed by atoms with E-state index < -0.39 is 15.8 Å². The second kappa shape index (κ2) is 7.06. The zero-order valence-corrected chi connectivity index (χ0v) is 14.9. The van der Waals surface area contributed by atoms with Gasteiger partial charge in [0.15, 0.2) is 16.6 Å². The summed E-state index contributed by atoms with van der Waals surface area (Å²) in [5, 5.41) is 7.38.